The highest BCUT2D eigenvalue weighted by Gasteiger charge is 2.23. The number of alkyl halides is 2. The number of H-pyrrole nitrogens is 1. The van der Waals surface area contributed by atoms with Gasteiger partial charge in [0.1, 0.15) is 5.82 Å². The number of aromatic amines is 1. The second kappa shape index (κ2) is 8.13. The first-order valence-electron chi connectivity index (χ1n) is 8.72. The number of hydrogen-bond acceptors (Lipinski definition) is 2. The van der Waals surface area contributed by atoms with Gasteiger partial charge in [-0.1, -0.05) is 6.07 Å². The number of carbonyl (C=O) groups excluding carboxylic acids is 1. The molecule has 158 valence electrons. The number of pyridine rings is 1. The summed E-state index contributed by atoms with van der Waals surface area (Å²) in [7, 11) is 1.38. The van der Waals surface area contributed by atoms with Crippen molar-refractivity contribution in [3.8, 4) is 0 Å². The Labute approximate surface area is 167 Å². The highest BCUT2D eigenvalue weighted by atomic mass is 19.3. The zero-order chi connectivity index (χ0) is 22.2. The van der Waals surface area contributed by atoms with E-state index in [9.17, 15) is 31.5 Å². The van der Waals surface area contributed by atoms with Crippen LogP contribution < -0.4 is 10.9 Å². The third-order valence-electron chi connectivity index (χ3n) is 4.83. The molecule has 0 fully saturated rings. The van der Waals surface area contributed by atoms with Gasteiger partial charge in [-0.05, 0) is 42.1 Å². The van der Waals surface area contributed by atoms with Gasteiger partial charge in [-0.15, -0.1) is 0 Å². The average Bonchev–Trinajstić information content (AvgIpc) is 2.70. The van der Waals surface area contributed by atoms with E-state index in [0.29, 0.717) is 5.56 Å². The Morgan fingerprint density at radius 1 is 1.07 bits per heavy atom. The summed E-state index contributed by atoms with van der Waals surface area (Å²) in [5.41, 5.74) is -1.40. The number of carbonyl (C=O) groups is 1. The van der Waals surface area contributed by atoms with E-state index in [1.807, 2.05) is 0 Å². The molecular formula is C20H16F5N3O2. The van der Waals surface area contributed by atoms with Crippen LogP contribution in [0.2, 0.25) is 0 Å². The number of urea groups is 1. The molecule has 2 N–H and O–H groups in total. The molecule has 0 aliphatic rings. The van der Waals surface area contributed by atoms with Gasteiger partial charge in [-0.3, -0.25) is 4.79 Å². The van der Waals surface area contributed by atoms with Crippen molar-refractivity contribution in [2.24, 2.45) is 0 Å². The fourth-order valence-corrected chi connectivity index (χ4v) is 3.04. The molecule has 30 heavy (non-hydrogen) atoms. The van der Waals surface area contributed by atoms with Crippen LogP contribution in [0.4, 0.5) is 32.4 Å². The number of nitrogens with one attached hydrogen (secondary N) is 2. The van der Waals surface area contributed by atoms with Crippen LogP contribution in [0.15, 0.2) is 41.3 Å². The van der Waals surface area contributed by atoms with Crippen LogP contribution in [0.5, 0.6) is 0 Å². The second-order valence-corrected chi connectivity index (χ2v) is 6.61. The van der Waals surface area contributed by atoms with Crippen molar-refractivity contribution in [2.45, 2.75) is 19.4 Å². The molecule has 2 amide bonds. The summed E-state index contributed by atoms with van der Waals surface area (Å²) in [6.07, 6.45) is -1.77. The van der Waals surface area contributed by atoms with Crippen molar-refractivity contribution in [3.63, 3.8) is 0 Å². The number of amides is 2. The molecule has 5 nitrogen and oxygen atoms in total. The molecule has 0 aliphatic carbocycles. The lowest BCUT2D eigenvalue weighted by molar-refractivity contribution is 0.146. The van der Waals surface area contributed by atoms with Gasteiger partial charge < -0.3 is 15.2 Å². The predicted octanol–water partition coefficient (Wildman–Crippen LogP) is 5.11. The number of benzene rings is 2. The fraction of sp³-hybridized carbons (Fsp3) is 0.200. The Hall–Kier alpha value is -3.43. The van der Waals surface area contributed by atoms with E-state index >= 15 is 0 Å². The van der Waals surface area contributed by atoms with Gasteiger partial charge in [-0.2, -0.15) is 0 Å². The topological polar surface area (TPSA) is 65.2 Å². The fourth-order valence-electron chi connectivity index (χ4n) is 3.04. The summed E-state index contributed by atoms with van der Waals surface area (Å²) in [5, 5.41) is 2.01. The average molecular weight is 425 g/mol. The van der Waals surface area contributed by atoms with Gasteiger partial charge in [0.05, 0.1) is 17.0 Å². The van der Waals surface area contributed by atoms with Crippen LogP contribution in [0.3, 0.4) is 0 Å². The third-order valence-corrected chi connectivity index (χ3v) is 4.83. The van der Waals surface area contributed by atoms with Crippen LogP contribution in [0.1, 0.15) is 30.5 Å². The van der Waals surface area contributed by atoms with E-state index < -0.39 is 52.5 Å². The maximum atomic E-state index is 14.1. The minimum absolute atomic E-state index is 0.0461. The number of nitrogens with zero attached hydrogens (tertiary/aromatic N) is 1. The van der Waals surface area contributed by atoms with E-state index in [1.165, 1.54) is 24.2 Å². The first kappa shape index (κ1) is 21.3. The van der Waals surface area contributed by atoms with Crippen molar-refractivity contribution in [1.29, 1.82) is 0 Å². The molecule has 2 aromatic carbocycles. The van der Waals surface area contributed by atoms with E-state index in [-0.39, 0.29) is 11.1 Å². The smallest absolute Gasteiger partial charge is 0.322 e. The molecule has 0 spiro atoms. The molecule has 0 aliphatic heterocycles. The maximum absolute atomic E-state index is 14.1. The summed E-state index contributed by atoms with van der Waals surface area (Å²) in [4.78, 5) is 28.0. The quantitative estimate of drug-likeness (QED) is 0.571. The minimum Gasteiger partial charge on any atom is -0.328 e. The molecule has 3 rings (SSSR count). The van der Waals surface area contributed by atoms with Crippen molar-refractivity contribution >= 4 is 22.5 Å². The van der Waals surface area contributed by atoms with E-state index in [1.54, 1.807) is 6.92 Å². The summed E-state index contributed by atoms with van der Waals surface area (Å²) < 4.78 is 66.7. The van der Waals surface area contributed by atoms with Gasteiger partial charge in [-0.25, -0.2) is 26.7 Å². The first-order valence-corrected chi connectivity index (χ1v) is 8.72. The SMILES string of the molecule is CC(c1c[nH]c(=O)c2c(F)c(F)ccc12)N(C)C(=O)Nc1ccc(F)c(C(F)F)c1. The maximum Gasteiger partial charge on any atom is 0.322 e. The summed E-state index contributed by atoms with van der Waals surface area (Å²) in [5.74, 6) is -3.59. The van der Waals surface area contributed by atoms with Gasteiger partial charge in [0.15, 0.2) is 11.6 Å². The summed E-state index contributed by atoms with van der Waals surface area (Å²) in [6.45, 7) is 1.57. The van der Waals surface area contributed by atoms with E-state index in [2.05, 4.69) is 10.3 Å². The van der Waals surface area contributed by atoms with Crippen molar-refractivity contribution < 1.29 is 26.7 Å². The van der Waals surface area contributed by atoms with Crippen LogP contribution in [-0.2, 0) is 0 Å². The standard InChI is InChI=1S/C20H16F5N3O2/c1-9(13-8-26-19(29)16-11(13)4-6-15(22)17(16)23)28(2)20(30)27-10-3-5-14(21)12(7-10)18(24)25/h3-9,18H,1-2H3,(H,26,29)(H,27,30). The van der Waals surface area contributed by atoms with Crippen LogP contribution in [0.25, 0.3) is 10.8 Å². The Morgan fingerprint density at radius 3 is 2.40 bits per heavy atom. The van der Waals surface area contributed by atoms with Gasteiger partial charge in [0.2, 0.25) is 0 Å². The minimum atomic E-state index is -3.05. The largest absolute Gasteiger partial charge is 0.328 e. The van der Waals surface area contributed by atoms with E-state index in [0.717, 1.165) is 24.3 Å². The lowest BCUT2D eigenvalue weighted by atomic mass is 10.0. The molecule has 0 bridgehead atoms. The van der Waals surface area contributed by atoms with Crippen molar-refractivity contribution in [2.75, 3.05) is 12.4 Å². The molecule has 1 heterocycles. The van der Waals surface area contributed by atoms with Crippen LogP contribution >= 0.6 is 0 Å². The molecule has 1 atom stereocenters. The van der Waals surface area contributed by atoms with Crippen LogP contribution in [0, 0.1) is 17.5 Å². The Kier molecular flexibility index (Phi) is 5.77. The molecule has 0 saturated carbocycles. The normalized spacial score (nSPS) is 12.3. The zero-order valence-electron chi connectivity index (χ0n) is 15.8. The van der Waals surface area contributed by atoms with Crippen molar-refractivity contribution in [1.82, 2.24) is 9.88 Å². The molecule has 1 aromatic heterocycles. The van der Waals surface area contributed by atoms with Crippen molar-refractivity contribution in [3.05, 3.63) is 75.5 Å². The third kappa shape index (κ3) is 3.85. The Balaban J connectivity index is 1.91. The Bertz CT molecular complexity index is 1180. The number of aromatic nitrogens is 1. The zero-order valence-corrected chi connectivity index (χ0v) is 15.8. The van der Waals surface area contributed by atoms with Gasteiger partial charge >= 0.3 is 6.03 Å². The van der Waals surface area contributed by atoms with Gasteiger partial charge in [0, 0.05) is 18.9 Å². The number of anilines is 1. The van der Waals surface area contributed by atoms with E-state index in [4.69, 9.17) is 0 Å². The monoisotopic (exact) mass is 425 g/mol. The molecule has 3 aromatic rings. The van der Waals surface area contributed by atoms with Gasteiger partial charge in [0.25, 0.3) is 12.0 Å². The predicted molar refractivity (Wildman–Crippen MR) is 101 cm³/mol. The molecule has 0 saturated heterocycles. The summed E-state index contributed by atoms with van der Waals surface area (Å²) >= 11 is 0. The lowest BCUT2D eigenvalue weighted by Crippen LogP contribution is -2.34. The molecule has 0 radical (unpaired) electrons. The Morgan fingerprint density at radius 2 is 1.73 bits per heavy atom. The second-order valence-electron chi connectivity index (χ2n) is 6.61. The summed E-state index contributed by atoms with van der Waals surface area (Å²) in [6, 6.07) is 3.41. The highest BCUT2D eigenvalue weighted by Crippen LogP contribution is 2.29. The number of halogens is 5. The number of fused-ring (bicyclic) bond motifs is 1. The molecular weight excluding hydrogens is 409 g/mol. The first-order chi connectivity index (χ1) is 14.1. The molecule has 1 unspecified atom stereocenters. The van der Waals surface area contributed by atoms with Crippen LogP contribution in [-0.4, -0.2) is 23.0 Å². The number of hydrogen-bond donors (Lipinski definition) is 2. The highest BCUT2D eigenvalue weighted by molar-refractivity contribution is 5.91. The lowest BCUT2D eigenvalue weighted by Gasteiger charge is -2.26. The number of rotatable bonds is 4. The molecule has 10 heteroatoms.